The van der Waals surface area contributed by atoms with Crippen molar-refractivity contribution in [1.29, 1.82) is 0 Å². The first kappa shape index (κ1) is 16.7. The van der Waals surface area contributed by atoms with Gasteiger partial charge in [0.15, 0.2) is 5.78 Å². The highest BCUT2D eigenvalue weighted by Gasteiger charge is 2.07. The lowest BCUT2D eigenvalue weighted by atomic mass is 10.1. The van der Waals surface area contributed by atoms with Crippen molar-refractivity contribution in [2.45, 2.75) is 13.5 Å². The first-order valence-corrected chi connectivity index (χ1v) is 7.08. The highest BCUT2D eigenvalue weighted by atomic mass is 19.3. The smallest absolute Gasteiger partial charge is 0.387 e. The Kier molecular flexibility index (Phi) is 5.86. The summed E-state index contributed by atoms with van der Waals surface area (Å²) in [5, 5.41) is 0. The quantitative estimate of drug-likeness (QED) is 0.553. The van der Waals surface area contributed by atoms with Crippen molar-refractivity contribution >= 4 is 11.9 Å². The zero-order chi connectivity index (χ0) is 16.7. The highest BCUT2D eigenvalue weighted by molar-refractivity contribution is 6.07. The van der Waals surface area contributed by atoms with Gasteiger partial charge < -0.3 is 9.47 Å². The van der Waals surface area contributed by atoms with Crippen LogP contribution in [0.4, 0.5) is 8.78 Å². The largest absolute Gasteiger partial charge is 0.494 e. The molecule has 2 rings (SSSR count). The molecule has 0 aromatic heterocycles. The molecule has 2 aromatic rings. The molecule has 23 heavy (non-hydrogen) atoms. The molecule has 0 atom stereocenters. The van der Waals surface area contributed by atoms with Crippen LogP contribution in [0, 0.1) is 0 Å². The second-order valence-corrected chi connectivity index (χ2v) is 4.61. The van der Waals surface area contributed by atoms with Gasteiger partial charge in [-0.2, -0.15) is 8.78 Å². The molecule has 0 fully saturated rings. The van der Waals surface area contributed by atoms with E-state index in [1.807, 2.05) is 31.2 Å². The summed E-state index contributed by atoms with van der Waals surface area (Å²) in [4.78, 5) is 12.1. The average Bonchev–Trinajstić information content (AvgIpc) is 2.54. The molecule has 0 aliphatic rings. The van der Waals surface area contributed by atoms with E-state index in [0.29, 0.717) is 6.61 Å². The number of halogens is 2. The minimum atomic E-state index is -2.92. The van der Waals surface area contributed by atoms with Crippen molar-refractivity contribution < 1.29 is 23.0 Å². The molecule has 0 saturated heterocycles. The summed E-state index contributed by atoms with van der Waals surface area (Å²) in [7, 11) is 0. The fourth-order valence-corrected chi connectivity index (χ4v) is 1.94. The first-order valence-electron chi connectivity index (χ1n) is 7.08. The van der Waals surface area contributed by atoms with Gasteiger partial charge in [-0.25, -0.2) is 0 Å². The highest BCUT2D eigenvalue weighted by Crippen LogP contribution is 2.17. The van der Waals surface area contributed by atoms with Gasteiger partial charge in [0.05, 0.1) is 6.61 Å². The summed E-state index contributed by atoms with van der Waals surface area (Å²) in [6.45, 7) is -0.428. The zero-order valence-electron chi connectivity index (χ0n) is 12.5. The van der Waals surface area contributed by atoms with Crippen LogP contribution in [0.1, 0.15) is 22.8 Å². The van der Waals surface area contributed by atoms with Gasteiger partial charge in [0.25, 0.3) is 0 Å². The number of alkyl halides is 2. The van der Waals surface area contributed by atoms with Crippen LogP contribution in [0.2, 0.25) is 0 Å². The molecule has 0 saturated carbocycles. The number of carbonyl (C=O) groups excluding carboxylic acids is 1. The normalized spacial score (nSPS) is 11.0. The number of carbonyl (C=O) groups is 1. The van der Waals surface area contributed by atoms with E-state index < -0.39 is 6.61 Å². The third-order valence-electron chi connectivity index (χ3n) is 2.96. The van der Waals surface area contributed by atoms with Crippen LogP contribution in [0.5, 0.6) is 11.5 Å². The van der Waals surface area contributed by atoms with E-state index in [4.69, 9.17) is 4.74 Å². The Morgan fingerprint density at radius 2 is 1.87 bits per heavy atom. The molecule has 120 valence electrons. The van der Waals surface area contributed by atoms with Gasteiger partial charge in [0.2, 0.25) is 0 Å². The maximum atomic E-state index is 12.2. The lowest BCUT2D eigenvalue weighted by Crippen LogP contribution is -2.03. The zero-order valence-corrected chi connectivity index (χ0v) is 12.5. The summed E-state index contributed by atoms with van der Waals surface area (Å²) in [6.07, 6.45) is 3.04. The fourth-order valence-electron chi connectivity index (χ4n) is 1.94. The Hall–Kier alpha value is -2.69. The van der Waals surface area contributed by atoms with E-state index in [0.717, 1.165) is 11.3 Å². The molecular formula is C18H16F2O3. The van der Waals surface area contributed by atoms with Crippen molar-refractivity contribution in [3.8, 4) is 11.5 Å². The van der Waals surface area contributed by atoms with Crippen molar-refractivity contribution in [3.05, 3.63) is 65.7 Å². The van der Waals surface area contributed by atoms with Crippen LogP contribution in [0.15, 0.2) is 54.6 Å². The predicted octanol–water partition coefficient (Wildman–Crippen LogP) is 4.58. The maximum Gasteiger partial charge on any atom is 0.387 e. The molecule has 0 N–H and O–H groups in total. The topological polar surface area (TPSA) is 35.5 Å². The third-order valence-corrected chi connectivity index (χ3v) is 2.96. The van der Waals surface area contributed by atoms with Crippen molar-refractivity contribution in [3.63, 3.8) is 0 Å². The minimum Gasteiger partial charge on any atom is -0.494 e. The monoisotopic (exact) mass is 318 g/mol. The molecule has 2 aromatic carbocycles. The van der Waals surface area contributed by atoms with Gasteiger partial charge >= 0.3 is 6.61 Å². The molecular weight excluding hydrogens is 302 g/mol. The summed E-state index contributed by atoms with van der Waals surface area (Å²) < 4.78 is 34.0. The molecule has 3 nitrogen and oxygen atoms in total. The second kappa shape index (κ2) is 8.08. The molecule has 5 heteroatoms. The van der Waals surface area contributed by atoms with Gasteiger partial charge in [0, 0.05) is 5.56 Å². The summed E-state index contributed by atoms with van der Waals surface area (Å²) >= 11 is 0. The van der Waals surface area contributed by atoms with E-state index >= 15 is 0 Å². The number of ketones is 1. The van der Waals surface area contributed by atoms with Crippen LogP contribution >= 0.6 is 0 Å². The number of benzene rings is 2. The third kappa shape index (κ3) is 5.21. The van der Waals surface area contributed by atoms with Gasteiger partial charge in [-0.1, -0.05) is 30.3 Å². The average molecular weight is 318 g/mol. The van der Waals surface area contributed by atoms with Crippen molar-refractivity contribution in [2.24, 2.45) is 0 Å². The lowest BCUT2D eigenvalue weighted by molar-refractivity contribution is -0.0498. The minimum absolute atomic E-state index is 0.0414. The molecule has 0 bridgehead atoms. The summed E-state index contributed by atoms with van der Waals surface area (Å²) in [5.41, 5.74) is 1.12. The van der Waals surface area contributed by atoms with E-state index in [9.17, 15) is 13.6 Å². The van der Waals surface area contributed by atoms with Crippen molar-refractivity contribution in [1.82, 2.24) is 0 Å². The van der Waals surface area contributed by atoms with Crippen LogP contribution in [0.3, 0.4) is 0 Å². The van der Waals surface area contributed by atoms with Crippen LogP contribution in [-0.4, -0.2) is 19.0 Å². The number of hydrogen-bond donors (Lipinski definition) is 0. The number of allylic oxidation sites excluding steroid dienone is 1. The van der Waals surface area contributed by atoms with Crippen LogP contribution in [0.25, 0.3) is 6.08 Å². The Balaban J connectivity index is 2.05. The maximum absolute atomic E-state index is 12.2. The Morgan fingerprint density at radius 3 is 2.52 bits per heavy atom. The second-order valence-electron chi connectivity index (χ2n) is 4.61. The van der Waals surface area contributed by atoms with E-state index in [1.54, 1.807) is 12.1 Å². The number of rotatable bonds is 7. The molecule has 0 unspecified atom stereocenters. The molecule has 0 spiro atoms. The Labute approximate surface area is 133 Å². The number of ether oxygens (including phenoxy) is 2. The molecule has 0 aliphatic heterocycles. The fraction of sp³-hybridized carbons (Fsp3) is 0.167. The van der Waals surface area contributed by atoms with Crippen molar-refractivity contribution in [2.75, 3.05) is 6.61 Å². The summed E-state index contributed by atoms with van der Waals surface area (Å²) in [5.74, 6) is 0.423. The van der Waals surface area contributed by atoms with Gasteiger partial charge in [-0.3, -0.25) is 4.79 Å². The van der Waals surface area contributed by atoms with Crippen LogP contribution < -0.4 is 9.47 Å². The van der Waals surface area contributed by atoms with E-state index in [-0.39, 0.29) is 17.1 Å². The van der Waals surface area contributed by atoms with Crippen LogP contribution in [-0.2, 0) is 0 Å². The van der Waals surface area contributed by atoms with Gasteiger partial charge in [-0.15, -0.1) is 0 Å². The lowest BCUT2D eigenvalue weighted by Gasteiger charge is -2.05. The van der Waals surface area contributed by atoms with Gasteiger partial charge in [-0.05, 0) is 42.8 Å². The first-order chi connectivity index (χ1) is 11.1. The molecule has 0 aliphatic carbocycles. The molecule has 0 heterocycles. The predicted molar refractivity (Wildman–Crippen MR) is 84.0 cm³/mol. The SMILES string of the molecule is CCOc1ccc(/C=C/C(=O)c2cccc(OC(F)F)c2)cc1. The Morgan fingerprint density at radius 1 is 1.13 bits per heavy atom. The molecule has 0 radical (unpaired) electrons. The van der Waals surface area contributed by atoms with Gasteiger partial charge in [0.1, 0.15) is 11.5 Å². The summed E-state index contributed by atoms with van der Waals surface area (Å²) in [6, 6.07) is 13.0. The Bertz CT molecular complexity index is 679. The standard InChI is InChI=1S/C18H16F2O3/c1-2-22-15-9-6-13(7-10-15)8-11-17(21)14-4-3-5-16(12-14)23-18(19)20/h3-12,18H,2H2,1H3/b11-8+. The van der Waals surface area contributed by atoms with E-state index in [1.165, 1.54) is 24.3 Å². The van der Waals surface area contributed by atoms with E-state index in [2.05, 4.69) is 4.74 Å². The molecule has 0 amide bonds. The number of hydrogen-bond acceptors (Lipinski definition) is 3.